The monoisotopic (exact) mass is 318 g/mol. The zero-order valence-electron chi connectivity index (χ0n) is 12.3. The third kappa shape index (κ3) is 2.35. The fourth-order valence-corrected chi connectivity index (χ4v) is 4.35. The summed E-state index contributed by atoms with van der Waals surface area (Å²) in [6.45, 7) is 0.101. The minimum absolute atomic E-state index is 0.0545. The van der Waals surface area contributed by atoms with E-state index in [1.807, 2.05) is 0 Å². The first-order chi connectivity index (χ1) is 10.7. The first-order valence-electron chi connectivity index (χ1n) is 7.92. The van der Waals surface area contributed by atoms with Crippen LogP contribution < -0.4 is 5.56 Å². The zero-order chi connectivity index (χ0) is 15.1. The molecule has 2 aromatic rings. The number of aromatic nitrogens is 2. The van der Waals surface area contributed by atoms with Gasteiger partial charge in [0, 0.05) is 16.6 Å². The minimum Gasteiger partial charge on any atom is -0.459 e. The molecular formula is C16H18N2O3S. The van der Waals surface area contributed by atoms with Crippen LogP contribution in [0.5, 0.6) is 0 Å². The highest BCUT2D eigenvalue weighted by Gasteiger charge is 2.27. The van der Waals surface area contributed by atoms with E-state index in [-0.39, 0.29) is 24.1 Å². The molecule has 0 radical (unpaired) electrons. The van der Waals surface area contributed by atoms with E-state index < -0.39 is 0 Å². The van der Waals surface area contributed by atoms with Gasteiger partial charge in [-0.05, 0) is 38.5 Å². The van der Waals surface area contributed by atoms with Crippen molar-refractivity contribution in [1.82, 2.24) is 9.38 Å². The van der Waals surface area contributed by atoms with Crippen molar-refractivity contribution in [1.29, 1.82) is 0 Å². The van der Waals surface area contributed by atoms with Gasteiger partial charge in [0.25, 0.3) is 5.56 Å². The third-order valence-corrected chi connectivity index (χ3v) is 5.76. The average molecular weight is 318 g/mol. The number of nitrogens with zero attached hydrogens (tertiary/aromatic N) is 2. The third-order valence-electron chi connectivity index (χ3n) is 4.62. The predicted molar refractivity (Wildman–Crippen MR) is 83.1 cm³/mol. The average Bonchev–Trinajstić information content (AvgIpc) is 2.82. The highest BCUT2D eigenvalue weighted by molar-refractivity contribution is 7.17. The second-order valence-electron chi connectivity index (χ2n) is 6.12. The van der Waals surface area contributed by atoms with Gasteiger partial charge in [0.1, 0.15) is 6.61 Å². The number of hydrogen-bond donors (Lipinski definition) is 0. The molecule has 0 atom stereocenters. The minimum atomic E-state index is -0.154. The van der Waals surface area contributed by atoms with E-state index in [4.69, 9.17) is 4.74 Å². The number of rotatable bonds is 3. The predicted octanol–water partition coefficient (Wildman–Crippen LogP) is 2.48. The Bertz CT molecular complexity index is 789. The van der Waals surface area contributed by atoms with Crippen LogP contribution in [0.4, 0.5) is 0 Å². The molecule has 5 nitrogen and oxygen atoms in total. The van der Waals surface area contributed by atoms with Gasteiger partial charge in [0.15, 0.2) is 4.96 Å². The quantitative estimate of drug-likeness (QED) is 0.816. The number of thiazole rings is 1. The fraction of sp³-hybridized carbons (Fsp3) is 0.562. The Balaban J connectivity index is 1.60. The molecule has 0 spiro atoms. The molecular weight excluding hydrogens is 300 g/mol. The van der Waals surface area contributed by atoms with E-state index in [9.17, 15) is 9.59 Å². The first-order valence-corrected chi connectivity index (χ1v) is 8.74. The van der Waals surface area contributed by atoms with Gasteiger partial charge < -0.3 is 4.74 Å². The smallest absolute Gasteiger partial charge is 0.309 e. The lowest BCUT2D eigenvalue weighted by atomic mass is 9.86. The lowest BCUT2D eigenvalue weighted by Gasteiger charge is -2.22. The van der Waals surface area contributed by atoms with E-state index in [1.54, 1.807) is 15.7 Å². The molecule has 1 saturated carbocycles. The molecule has 0 N–H and O–H groups in total. The van der Waals surface area contributed by atoms with E-state index >= 15 is 0 Å². The summed E-state index contributed by atoms with van der Waals surface area (Å²) >= 11 is 1.60. The second-order valence-corrected chi connectivity index (χ2v) is 7.18. The molecule has 6 heteroatoms. The van der Waals surface area contributed by atoms with Crippen molar-refractivity contribution in [3.8, 4) is 0 Å². The van der Waals surface area contributed by atoms with Gasteiger partial charge in [-0.15, -0.1) is 11.3 Å². The van der Waals surface area contributed by atoms with Gasteiger partial charge in [0.05, 0.1) is 11.6 Å². The van der Waals surface area contributed by atoms with Crippen molar-refractivity contribution >= 4 is 22.3 Å². The van der Waals surface area contributed by atoms with Crippen LogP contribution in [0.1, 0.15) is 48.4 Å². The van der Waals surface area contributed by atoms with Crippen LogP contribution in [-0.2, 0) is 29.0 Å². The Morgan fingerprint density at radius 1 is 1.32 bits per heavy atom. The maximum absolute atomic E-state index is 12.4. The molecule has 0 aliphatic heterocycles. The molecule has 2 aromatic heterocycles. The molecule has 0 aromatic carbocycles. The number of carbonyl (C=O) groups excluding carboxylic acids is 1. The fourth-order valence-electron chi connectivity index (χ4n) is 3.12. The van der Waals surface area contributed by atoms with Crippen LogP contribution in [0.2, 0.25) is 0 Å². The summed E-state index contributed by atoms with van der Waals surface area (Å²) in [5.74, 6) is -0.0994. The van der Waals surface area contributed by atoms with Crippen molar-refractivity contribution in [3.05, 3.63) is 32.7 Å². The van der Waals surface area contributed by atoms with E-state index in [2.05, 4.69) is 4.98 Å². The number of carbonyl (C=O) groups is 1. The summed E-state index contributed by atoms with van der Waals surface area (Å²) in [6, 6.07) is 1.50. The second kappa shape index (κ2) is 5.50. The van der Waals surface area contributed by atoms with Gasteiger partial charge >= 0.3 is 5.97 Å². The number of hydrogen-bond acceptors (Lipinski definition) is 5. The lowest BCUT2D eigenvalue weighted by molar-refractivity contribution is -0.152. The highest BCUT2D eigenvalue weighted by Crippen LogP contribution is 2.29. The Morgan fingerprint density at radius 3 is 2.91 bits per heavy atom. The van der Waals surface area contributed by atoms with Crippen LogP contribution in [-0.4, -0.2) is 15.4 Å². The molecule has 0 saturated heterocycles. The Kier molecular flexibility index (Phi) is 3.48. The normalized spacial score (nSPS) is 18.0. The van der Waals surface area contributed by atoms with Crippen molar-refractivity contribution in [2.45, 2.75) is 51.6 Å². The summed E-state index contributed by atoms with van der Waals surface area (Å²) in [5, 5.41) is 0. The van der Waals surface area contributed by atoms with Gasteiger partial charge in [0.2, 0.25) is 0 Å². The first kappa shape index (κ1) is 13.9. The van der Waals surface area contributed by atoms with Crippen molar-refractivity contribution < 1.29 is 9.53 Å². The molecule has 4 rings (SSSR count). The van der Waals surface area contributed by atoms with E-state index in [1.165, 1.54) is 17.4 Å². The number of ether oxygens (including phenoxy) is 1. The summed E-state index contributed by atoms with van der Waals surface area (Å²) < 4.78 is 7.03. The maximum atomic E-state index is 12.4. The van der Waals surface area contributed by atoms with Crippen molar-refractivity contribution in [2.24, 2.45) is 5.92 Å². The molecule has 0 bridgehead atoms. The molecule has 0 unspecified atom stereocenters. The largest absolute Gasteiger partial charge is 0.459 e. The molecule has 116 valence electrons. The molecule has 22 heavy (non-hydrogen) atoms. The Labute approximate surface area is 131 Å². The van der Waals surface area contributed by atoms with E-state index in [0.717, 1.165) is 49.2 Å². The number of esters is 1. The van der Waals surface area contributed by atoms with Gasteiger partial charge in [-0.2, -0.15) is 0 Å². The van der Waals surface area contributed by atoms with Gasteiger partial charge in [-0.3, -0.25) is 14.0 Å². The van der Waals surface area contributed by atoms with Crippen LogP contribution in [0.15, 0.2) is 10.9 Å². The molecule has 2 heterocycles. The Morgan fingerprint density at radius 2 is 2.14 bits per heavy atom. The van der Waals surface area contributed by atoms with Crippen LogP contribution in [0, 0.1) is 5.92 Å². The van der Waals surface area contributed by atoms with Crippen LogP contribution in [0.25, 0.3) is 4.96 Å². The molecule has 0 amide bonds. The number of fused-ring (bicyclic) bond motifs is 3. The van der Waals surface area contributed by atoms with Gasteiger partial charge in [-0.1, -0.05) is 6.42 Å². The lowest BCUT2D eigenvalue weighted by Crippen LogP contribution is -2.24. The maximum Gasteiger partial charge on any atom is 0.309 e. The van der Waals surface area contributed by atoms with Crippen molar-refractivity contribution in [3.63, 3.8) is 0 Å². The molecule has 1 fully saturated rings. The Hall–Kier alpha value is -1.69. The van der Waals surface area contributed by atoms with Crippen LogP contribution >= 0.6 is 11.3 Å². The molecule has 2 aliphatic rings. The summed E-state index contributed by atoms with van der Waals surface area (Å²) in [7, 11) is 0. The summed E-state index contributed by atoms with van der Waals surface area (Å²) in [6.07, 6.45) is 7.25. The molecule has 2 aliphatic carbocycles. The summed E-state index contributed by atoms with van der Waals surface area (Å²) in [5.41, 5.74) is 1.62. The van der Waals surface area contributed by atoms with Crippen molar-refractivity contribution in [2.75, 3.05) is 0 Å². The topological polar surface area (TPSA) is 60.7 Å². The SMILES string of the molecule is O=C(OCc1cc(=O)n2c3c(sc2n1)CCCC3)C1CCC1. The van der Waals surface area contributed by atoms with Gasteiger partial charge in [-0.25, -0.2) is 4.98 Å². The number of aryl methyl sites for hydroxylation is 2. The standard InChI is InChI=1S/C16H18N2O3S/c19-14-8-11(9-21-15(20)10-4-3-5-10)17-16-18(14)12-6-1-2-7-13(12)22-16/h8,10H,1-7,9H2. The van der Waals surface area contributed by atoms with Crippen LogP contribution in [0.3, 0.4) is 0 Å². The van der Waals surface area contributed by atoms with E-state index in [0.29, 0.717) is 5.69 Å². The zero-order valence-corrected chi connectivity index (χ0v) is 13.2. The summed E-state index contributed by atoms with van der Waals surface area (Å²) in [4.78, 5) is 30.7. The highest BCUT2D eigenvalue weighted by atomic mass is 32.1.